The van der Waals surface area contributed by atoms with Crippen LogP contribution in [0.4, 0.5) is 0 Å². The molecule has 4 aromatic rings. The number of rotatable bonds is 4. The van der Waals surface area contributed by atoms with Crippen LogP contribution < -0.4 is 0 Å². The van der Waals surface area contributed by atoms with Crippen LogP contribution in [0.25, 0.3) is 11.6 Å². The summed E-state index contributed by atoms with van der Waals surface area (Å²) in [5.74, 6) is 1.05. The molecule has 156 valence electrons. The van der Waals surface area contributed by atoms with E-state index in [1.54, 1.807) is 0 Å². The van der Waals surface area contributed by atoms with Gasteiger partial charge in [-0.3, -0.25) is 9.48 Å². The van der Waals surface area contributed by atoms with E-state index in [4.69, 9.17) is 4.52 Å². The van der Waals surface area contributed by atoms with Gasteiger partial charge in [0.15, 0.2) is 11.5 Å². The largest absolute Gasteiger partial charge is 0.334 e. The smallest absolute Gasteiger partial charge is 0.278 e. The SMILES string of the molecule is Cc1ccccc1C(=O)N1CCc2c(c(-c3nc(Cc4ccccc4)no3)nn2C)C1. The summed E-state index contributed by atoms with van der Waals surface area (Å²) in [4.78, 5) is 19.6. The molecule has 1 aliphatic heterocycles. The van der Waals surface area contributed by atoms with Crippen molar-refractivity contribution in [2.75, 3.05) is 6.54 Å². The van der Waals surface area contributed by atoms with Gasteiger partial charge >= 0.3 is 0 Å². The molecule has 7 nitrogen and oxygen atoms in total. The maximum absolute atomic E-state index is 13.1. The molecule has 0 saturated heterocycles. The van der Waals surface area contributed by atoms with Gasteiger partial charge in [0, 0.05) is 43.3 Å². The first-order valence-corrected chi connectivity index (χ1v) is 10.4. The average molecular weight is 413 g/mol. The van der Waals surface area contributed by atoms with Gasteiger partial charge < -0.3 is 9.42 Å². The lowest BCUT2D eigenvalue weighted by Crippen LogP contribution is -2.36. The molecule has 31 heavy (non-hydrogen) atoms. The molecule has 0 saturated carbocycles. The molecule has 0 bridgehead atoms. The third kappa shape index (κ3) is 3.63. The summed E-state index contributed by atoms with van der Waals surface area (Å²) < 4.78 is 7.42. The highest BCUT2D eigenvalue weighted by Crippen LogP contribution is 2.30. The summed E-state index contributed by atoms with van der Waals surface area (Å²) in [7, 11) is 1.92. The predicted octanol–water partition coefficient (Wildman–Crippen LogP) is 3.57. The van der Waals surface area contributed by atoms with Crippen LogP contribution in [-0.4, -0.2) is 37.3 Å². The second-order valence-electron chi connectivity index (χ2n) is 7.87. The van der Waals surface area contributed by atoms with Gasteiger partial charge in [-0.25, -0.2) is 0 Å². The fourth-order valence-corrected chi connectivity index (χ4v) is 4.12. The summed E-state index contributed by atoms with van der Waals surface area (Å²) in [5.41, 5.74) is 5.57. The molecule has 0 radical (unpaired) electrons. The summed E-state index contributed by atoms with van der Waals surface area (Å²) in [6.45, 7) is 3.09. The molecule has 0 spiro atoms. The van der Waals surface area contributed by atoms with Gasteiger partial charge in [-0.1, -0.05) is 53.7 Å². The van der Waals surface area contributed by atoms with Crippen molar-refractivity contribution < 1.29 is 9.32 Å². The zero-order chi connectivity index (χ0) is 21.4. The van der Waals surface area contributed by atoms with Gasteiger partial charge in [0.25, 0.3) is 11.8 Å². The highest BCUT2D eigenvalue weighted by Gasteiger charge is 2.30. The van der Waals surface area contributed by atoms with Gasteiger partial charge in [0.05, 0.1) is 6.54 Å². The van der Waals surface area contributed by atoms with E-state index in [1.807, 2.05) is 78.2 Å². The average Bonchev–Trinajstić information content (AvgIpc) is 3.38. The third-order valence-corrected chi connectivity index (χ3v) is 5.78. The summed E-state index contributed by atoms with van der Waals surface area (Å²) in [5, 5.41) is 8.79. The second kappa shape index (κ2) is 7.83. The van der Waals surface area contributed by atoms with Gasteiger partial charge in [0.1, 0.15) is 0 Å². The molecule has 2 aromatic heterocycles. The Balaban J connectivity index is 1.42. The zero-order valence-corrected chi connectivity index (χ0v) is 17.6. The number of aromatic nitrogens is 4. The van der Waals surface area contributed by atoms with Crippen LogP contribution in [0.1, 0.15) is 38.6 Å². The van der Waals surface area contributed by atoms with Crippen LogP contribution >= 0.6 is 0 Å². The van der Waals surface area contributed by atoms with Crippen molar-refractivity contribution in [2.45, 2.75) is 26.3 Å². The van der Waals surface area contributed by atoms with Crippen molar-refractivity contribution >= 4 is 5.91 Å². The normalized spacial score (nSPS) is 13.3. The standard InChI is InChI=1S/C24H23N5O2/c1-16-8-6-7-11-18(16)24(30)29-13-12-20-19(15-29)22(26-28(20)2)23-25-21(27-31-23)14-17-9-4-3-5-10-17/h3-11H,12-15H2,1-2H3. The minimum Gasteiger partial charge on any atom is -0.334 e. The van der Waals surface area contributed by atoms with Crippen molar-refractivity contribution in [3.8, 4) is 11.6 Å². The Morgan fingerprint density at radius 2 is 1.87 bits per heavy atom. The topological polar surface area (TPSA) is 77.1 Å². The Morgan fingerprint density at radius 1 is 1.10 bits per heavy atom. The van der Waals surface area contributed by atoms with Crippen molar-refractivity contribution in [1.29, 1.82) is 0 Å². The maximum Gasteiger partial charge on any atom is 0.278 e. The van der Waals surface area contributed by atoms with Crippen molar-refractivity contribution in [3.05, 3.63) is 88.4 Å². The number of carbonyl (C=O) groups excluding carboxylic acids is 1. The molecule has 0 unspecified atom stereocenters. The van der Waals surface area contributed by atoms with E-state index in [9.17, 15) is 4.79 Å². The number of nitrogens with zero attached hydrogens (tertiary/aromatic N) is 5. The molecule has 7 heteroatoms. The number of carbonyl (C=O) groups is 1. The molecular weight excluding hydrogens is 390 g/mol. The molecule has 0 fully saturated rings. The second-order valence-corrected chi connectivity index (χ2v) is 7.87. The number of amides is 1. The van der Waals surface area contributed by atoms with E-state index in [1.165, 1.54) is 0 Å². The number of benzene rings is 2. The molecule has 0 aliphatic carbocycles. The lowest BCUT2D eigenvalue weighted by molar-refractivity contribution is 0.0733. The van der Waals surface area contributed by atoms with Gasteiger partial charge in [0.2, 0.25) is 0 Å². The number of aryl methyl sites for hydroxylation is 2. The van der Waals surface area contributed by atoms with E-state index in [0.29, 0.717) is 36.9 Å². The highest BCUT2D eigenvalue weighted by molar-refractivity contribution is 5.95. The van der Waals surface area contributed by atoms with E-state index >= 15 is 0 Å². The van der Waals surface area contributed by atoms with Crippen LogP contribution in [-0.2, 0) is 26.4 Å². The molecule has 0 atom stereocenters. The molecule has 1 aliphatic rings. The summed E-state index contributed by atoms with van der Waals surface area (Å²) >= 11 is 0. The maximum atomic E-state index is 13.1. The Hall–Kier alpha value is -3.74. The zero-order valence-electron chi connectivity index (χ0n) is 17.6. The Labute approximate surface area is 180 Å². The molecule has 1 amide bonds. The quantitative estimate of drug-likeness (QED) is 0.511. The first-order chi connectivity index (χ1) is 15.1. The lowest BCUT2D eigenvalue weighted by Gasteiger charge is -2.28. The Bertz CT molecular complexity index is 1240. The Morgan fingerprint density at radius 3 is 2.68 bits per heavy atom. The minimum absolute atomic E-state index is 0.0360. The van der Waals surface area contributed by atoms with Crippen molar-refractivity contribution in [2.24, 2.45) is 7.05 Å². The van der Waals surface area contributed by atoms with E-state index in [2.05, 4.69) is 15.2 Å². The van der Waals surface area contributed by atoms with Crippen LogP contribution in [0.5, 0.6) is 0 Å². The fourth-order valence-electron chi connectivity index (χ4n) is 4.12. The van der Waals surface area contributed by atoms with Gasteiger partial charge in [-0.05, 0) is 24.1 Å². The monoisotopic (exact) mass is 413 g/mol. The van der Waals surface area contributed by atoms with E-state index < -0.39 is 0 Å². The number of hydrogen-bond donors (Lipinski definition) is 0. The number of fused-ring (bicyclic) bond motifs is 1. The Kier molecular flexibility index (Phi) is 4.86. The predicted molar refractivity (Wildman–Crippen MR) is 115 cm³/mol. The van der Waals surface area contributed by atoms with Crippen molar-refractivity contribution in [1.82, 2.24) is 24.8 Å². The number of hydrogen-bond acceptors (Lipinski definition) is 5. The van der Waals surface area contributed by atoms with Gasteiger partial charge in [-0.15, -0.1) is 0 Å². The molecule has 3 heterocycles. The van der Waals surface area contributed by atoms with Crippen LogP contribution in [0.15, 0.2) is 59.1 Å². The van der Waals surface area contributed by atoms with E-state index in [-0.39, 0.29) is 5.91 Å². The highest BCUT2D eigenvalue weighted by atomic mass is 16.5. The van der Waals surface area contributed by atoms with Crippen molar-refractivity contribution in [3.63, 3.8) is 0 Å². The fraction of sp³-hybridized carbons (Fsp3) is 0.250. The lowest BCUT2D eigenvalue weighted by atomic mass is 10.0. The summed E-state index contributed by atoms with van der Waals surface area (Å²) in [6, 6.07) is 17.7. The minimum atomic E-state index is 0.0360. The first kappa shape index (κ1) is 19.2. The van der Waals surface area contributed by atoms with Crippen LogP contribution in [0, 0.1) is 6.92 Å². The molecular formula is C24H23N5O2. The van der Waals surface area contributed by atoms with Crippen LogP contribution in [0.2, 0.25) is 0 Å². The summed E-state index contributed by atoms with van der Waals surface area (Å²) in [6.07, 6.45) is 1.33. The molecule has 5 rings (SSSR count). The first-order valence-electron chi connectivity index (χ1n) is 10.4. The van der Waals surface area contributed by atoms with Gasteiger partial charge in [-0.2, -0.15) is 10.1 Å². The molecule has 2 aromatic carbocycles. The third-order valence-electron chi connectivity index (χ3n) is 5.78. The van der Waals surface area contributed by atoms with E-state index in [0.717, 1.165) is 34.4 Å². The molecule has 0 N–H and O–H groups in total. The van der Waals surface area contributed by atoms with Crippen LogP contribution in [0.3, 0.4) is 0 Å².